The van der Waals surface area contributed by atoms with Gasteiger partial charge >= 0.3 is 0 Å². The summed E-state index contributed by atoms with van der Waals surface area (Å²) in [5.41, 5.74) is 1.93. The van der Waals surface area contributed by atoms with Crippen LogP contribution in [0, 0.1) is 0 Å². The molecule has 0 saturated heterocycles. The van der Waals surface area contributed by atoms with Gasteiger partial charge in [0.1, 0.15) is 0 Å². The second-order valence-corrected chi connectivity index (χ2v) is 7.89. The molecule has 0 saturated carbocycles. The molecule has 1 heterocycles. The standard InChI is InChI=1S/C18H21NO4S/c1-12(2)14-4-7-16(8-5-14)24(20,21)19-13(3)15-6-9-17-18(10-15)23-11-22-17/h4-10,12-13,19H,11H2,1-3H3/t13-/m0/s1. The van der Waals surface area contributed by atoms with Gasteiger partial charge in [-0.3, -0.25) is 0 Å². The lowest BCUT2D eigenvalue weighted by atomic mass is 10.0. The number of nitrogens with one attached hydrogen (secondary N) is 1. The van der Waals surface area contributed by atoms with Gasteiger partial charge in [-0.15, -0.1) is 0 Å². The first-order chi connectivity index (χ1) is 11.4. The summed E-state index contributed by atoms with van der Waals surface area (Å²) in [4.78, 5) is 0.263. The van der Waals surface area contributed by atoms with Gasteiger partial charge in [0.15, 0.2) is 11.5 Å². The van der Waals surface area contributed by atoms with Crippen molar-refractivity contribution in [2.45, 2.75) is 37.6 Å². The minimum Gasteiger partial charge on any atom is -0.454 e. The summed E-state index contributed by atoms with van der Waals surface area (Å²) in [5.74, 6) is 1.68. The number of sulfonamides is 1. The molecule has 5 nitrogen and oxygen atoms in total. The van der Waals surface area contributed by atoms with Crippen LogP contribution in [0.4, 0.5) is 0 Å². The summed E-state index contributed by atoms with van der Waals surface area (Å²) < 4.78 is 38.4. The van der Waals surface area contributed by atoms with E-state index in [1.165, 1.54) is 0 Å². The monoisotopic (exact) mass is 347 g/mol. The van der Waals surface area contributed by atoms with Gasteiger partial charge in [0, 0.05) is 6.04 Å². The highest BCUT2D eigenvalue weighted by Crippen LogP contribution is 2.34. The van der Waals surface area contributed by atoms with E-state index in [0.717, 1.165) is 11.1 Å². The van der Waals surface area contributed by atoms with Crippen LogP contribution in [0.25, 0.3) is 0 Å². The number of hydrogen-bond acceptors (Lipinski definition) is 4. The van der Waals surface area contributed by atoms with E-state index in [2.05, 4.69) is 18.6 Å². The van der Waals surface area contributed by atoms with Crippen molar-refractivity contribution >= 4 is 10.0 Å². The van der Waals surface area contributed by atoms with Gasteiger partial charge in [0.2, 0.25) is 16.8 Å². The van der Waals surface area contributed by atoms with Crippen LogP contribution >= 0.6 is 0 Å². The van der Waals surface area contributed by atoms with Gasteiger partial charge in [-0.2, -0.15) is 0 Å². The summed E-state index contributed by atoms with van der Waals surface area (Å²) in [5, 5.41) is 0. The Morgan fingerprint density at radius 1 is 0.917 bits per heavy atom. The summed E-state index contributed by atoms with van der Waals surface area (Å²) in [6.45, 7) is 6.14. The summed E-state index contributed by atoms with van der Waals surface area (Å²) in [6.07, 6.45) is 0. The zero-order valence-corrected chi connectivity index (χ0v) is 14.8. The molecule has 0 bridgehead atoms. The molecule has 1 N–H and O–H groups in total. The fraction of sp³-hybridized carbons (Fsp3) is 0.333. The van der Waals surface area contributed by atoms with E-state index in [9.17, 15) is 8.42 Å². The van der Waals surface area contributed by atoms with Crippen LogP contribution in [0.5, 0.6) is 11.5 Å². The van der Waals surface area contributed by atoms with E-state index in [0.29, 0.717) is 17.4 Å². The Morgan fingerprint density at radius 2 is 1.54 bits per heavy atom. The normalized spacial score (nSPS) is 14.8. The Labute approximate surface area is 142 Å². The highest BCUT2D eigenvalue weighted by molar-refractivity contribution is 7.89. The van der Waals surface area contributed by atoms with Gasteiger partial charge in [-0.25, -0.2) is 13.1 Å². The highest BCUT2D eigenvalue weighted by Gasteiger charge is 2.21. The summed E-state index contributed by atoms with van der Waals surface area (Å²) in [6, 6.07) is 12.0. The molecule has 0 aliphatic carbocycles. The molecule has 0 spiro atoms. The third kappa shape index (κ3) is 3.39. The molecule has 1 aliphatic heterocycles. The molecular formula is C18H21NO4S. The lowest BCUT2D eigenvalue weighted by molar-refractivity contribution is 0.174. The lowest BCUT2D eigenvalue weighted by Crippen LogP contribution is -2.26. The SMILES string of the molecule is CC(C)c1ccc(S(=O)(=O)N[C@@H](C)c2ccc3c(c2)OCO3)cc1. The number of hydrogen-bond donors (Lipinski definition) is 1. The first-order valence-corrected chi connectivity index (χ1v) is 9.37. The third-order valence-electron chi connectivity index (χ3n) is 4.09. The van der Waals surface area contributed by atoms with E-state index in [1.54, 1.807) is 31.2 Å². The maximum atomic E-state index is 12.6. The van der Waals surface area contributed by atoms with E-state index < -0.39 is 10.0 Å². The molecule has 0 radical (unpaired) electrons. The van der Waals surface area contributed by atoms with Gasteiger partial charge < -0.3 is 9.47 Å². The predicted octanol–water partition coefficient (Wildman–Crippen LogP) is 3.58. The highest BCUT2D eigenvalue weighted by atomic mass is 32.2. The van der Waals surface area contributed by atoms with Crippen LogP contribution < -0.4 is 14.2 Å². The number of ether oxygens (including phenoxy) is 2. The second-order valence-electron chi connectivity index (χ2n) is 6.18. The minimum atomic E-state index is -3.59. The number of fused-ring (bicyclic) bond motifs is 1. The van der Waals surface area contributed by atoms with Crippen molar-refractivity contribution in [2.75, 3.05) is 6.79 Å². The van der Waals surface area contributed by atoms with Crippen molar-refractivity contribution in [3.8, 4) is 11.5 Å². The molecule has 2 aromatic carbocycles. The quantitative estimate of drug-likeness (QED) is 0.898. The van der Waals surface area contributed by atoms with Gasteiger partial charge in [0.05, 0.1) is 4.90 Å². The molecule has 0 aromatic heterocycles. The van der Waals surface area contributed by atoms with Gasteiger partial charge in [0.25, 0.3) is 0 Å². The topological polar surface area (TPSA) is 64.6 Å². The van der Waals surface area contributed by atoms with Crippen molar-refractivity contribution < 1.29 is 17.9 Å². The lowest BCUT2D eigenvalue weighted by Gasteiger charge is -2.15. The van der Waals surface area contributed by atoms with Crippen molar-refractivity contribution in [2.24, 2.45) is 0 Å². The summed E-state index contributed by atoms with van der Waals surface area (Å²) >= 11 is 0. The molecule has 128 valence electrons. The Bertz CT molecular complexity index is 829. The maximum absolute atomic E-state index is 12.6. The second kappa shape index (κ2) is 6.45. The Balaban J connectivity index is 1.78. The average molecular weight is 347 g/mol. The maximum Gasteiger partial charge on any atom is 0.241 e. The van der Waals surface area contributed by atoms with Crippen molar-refractivity contribution in [3.05, 3.63) is 53.6 Å². The zero-order chi connectivity index (χ0) is 17.3. The van der Waals surface area contributed by atoms with E-state index in [4.69, 9.17) is 9.47 Å². The molecular weight excluding hydrogens is 326 g/mol. The molecule has 0 amide bonds. The molecule has 3 rings (SSSR count). The van der Waals surface area contributed by atoms with Crippen LogP contribution in [0.1, 0.15) is 43.9 Å². The molecule has 1 aliphatic rings. The smallest absolute Gasteiger partial charge is 0.241 e. The van der Waals surface area contributed by atoms with E-state index in [-0.39, 0.29) is 17.7 Å². The Hall–Kier alpha value is -2.05. The number of rotatable bonds is 5. The largest absolute Gasteiger partial charge is 0.454 e. The molecule has 1 atom stereocenters. The van der Waals surface area contributed by atoms with Crippen molar-refractivity contribution in [1.82, 2.24) is 4.72 Å². The van der Waals surface area contributed by atoms with Crippen LogP contribution in [-0.2, 0) is 10.0 Å². The summed E-state index contributed by atoms with van der Waals surface area (Å²) in [7, 11) is -3.59. The third-order valence-corrected chi connectivity index (χ3v) is 5.64. The van der Waals surface area contributed by atoms with Crippen molar-refractivity contribution in [3.63, 3.8) is 0 Å². The molecule has 0 unspecified atom stereocenters. The van der Waals surface area contributed by atoms with E-state index in [1.807, 2.05) is 18.2 Å². The van der Waals surface area contributed by atoms with Crippen LogP contribution in [-0.4, -0.2) is 15.2 Å². The molecule has 0 fully saturated rings. The first kappa shape index (κ1) is 16.8. The van der Waals surface area contributed by atoms with E-state index >= 15 is 0 Å². The van der Waals surface area contributed by atoms with Gasteiger partial charge in [-0.05, 0) is 48.2 Å². The molecule has 24 heavy (non-hydrogen) atoms. The Morgan fingerprint density at radius 3 is 2.21 bits per heavy atom. The zero-order valence-electron chi connectivity index (χ0n) is 13.9. The molecule has 2 aromatic rings. The number of benzene rings is 2. The predicted molar refractivity (Wildman–Crippen MR) is 91.8 cm³/mol. The Kier molecular flexibility index (Phi) is 4.51. The van der Waals surface area contributed by atoms with Crippen LogP contribution in [0.2, 0.25) is 0 Å². The minimum absolute atomic E-state index is 0.196. The van der Waals surface area contributed by atoms with Gasteiger partial charge in [-0.1, -0.05) is 32.0 Å². The van der Waals surface area contributed by atoms with Crippen molar-refractivity contribution in [1.29, 1.82) is 0 Å². The first-order valence-electron chi connectivity index (χ1n) is 7.88. The van der Waals surface area contributed by atoms with Crippen LogP contribution in [0.3, 0.4) is 0 Å². The average Bonchev–Trinajstić information content (AvgIpc) is 3.02. The molecule has 6 heteroatoms. The fourth-order valence-electron chi connectivity index (χ4n) is 2.58. The fourth-order valence-corrected chi connectivity index (χ4v) is 3.82. The van der Waals surface area contributed by atoms with Crippen LogP contribution in [0.15, 0.2) is 47.4 Å².